The molecule has 3 unspecified atom stereocenters. The van der Waals surface area contributed by atoms with E-state index in [4.69, 9.17) is 31.5 Å². The maximum absolute atomic E-state index is 14.3. The fraction of sp³-hybridized carbons (Fsp3) is 0.0441. The first kappa shape index (κ1) is 69.3. The molecular formula is C68H51BBr2F2LiN11O3SY. The summed E-state index contributed by atoms with van der Waals surface area (Å²) in [4.78, 5) is 28.9. The first-order valence-electron chi connectivity index (χ1n) is 26.8. The third-order valence-corrected chi connectivity index (χ3v) is 15.2. The van der Waals surface area contributed by atoms with E-state index in [1.54, 1.807) is 73.6 Å². The summed E-state index contributed by atoms with van der Waals surface area (Å²) in [7, 11) is -3.13. The second kappa shape index (κ2) is 33.1. The Morgan fingerprint density at radius 3 is 1.56 bits per heavy atom. The van der Waals surface area contributed by atoms with Gasteiger partial charge in [-0.3, -0.25) is 9.97 Å². The second-order valence-electron chi connectivity index (χ2n) is 19.1. The number of benzene rings is 6. The summed E-state index contributed by atoms with van der Waals surface area (Å²) in [5.41, 5.74) is 22.7. The topological polar surface area (TPSA) is 235 Å². The quantitative estimate of drug-likeness (QED) is 0.0464. The second-order valence-corrected chi connectivity index (χ2v) is 22.0. The molecule has 2 aliphatic rings. The summed E-state index contributed by atoms with van der Waals surface area (Å²) in [5, 5.41) is 26.2. The van der Waals surface area contributed by atoms with Crippen LogP contribution in [0.2, 0.25) is 0 Å². The molecular weight excluding hydrogens is 1360 g/mol. The van der Waals surface area contributed by atoms with Crippen LogP contribution in [0.4, 0.5) is 8.78 Å². The van der Waals surface area contributed by atoms with Gasteiger partial charge in [-0.05, 0) is 118 Å². The van der Waals surface area contributed by atoms with E-state index in [0.717, 1.165) is 64.6 Å². The van der Waals surface area contributed by atoms with Crippen LogP contribution < -0.4 is 35.8 Å². The van der Waals surface area contributed by atoms with E-state index in [2.05, 4.69) is 91.5 Å². The van der Waals surface area contributed by atoms with Crippen LogP contribution in [0.3, 0.4) is 0 Å². The molecule has 90 heavy (non-hydrogen) atoms. The maximum atomic E-state index is 14.3. The van der Waals surface area contributed by atoms with Gasteiger partial charge in [0.05, 0.1) is 17.3 Å². The molecule has 14 nitrogen and oxygen atoms in total. The van der Waals surface area contributed by atoms with E-state index in [0.29, 0.717) is 34.1 Å². The number of hydrogen-bond donors (Lipinski definition) is 4. The van der Waals surface area contributed by atoms with Gasteiger partial charge in [-0.25, -0.2) is 24.2 Å². The van der Waals surface area contributed by atoms with Crippen LogP contribution >= 0.6 is 31.9 Å². The number of halogens is 4. The van der Waals surface area contributed by atoms with Gasteiger partial charge in [0.15, 0.2) is 0 Å². The van der Waals surface area contributed by atoms with E-state index in [9.17, 15) is 18.3 Å². The normalized spacial score (nSPS) is 15.0. The largest absolute Gasteiger partial charge is 1.00 e. The van der Waals surface area contributed by atoms with Crippen molar-refractivity contribution in [1.29, 1.82) is 5.26 Å². The Morgan fingerprint density at radius 1 is 0.578 bits per heavy atom. The Hall–Kier alpha value is -8.17. The van der Waals surface area contributed by atoms with Crippen LogP contribution in [0, 0.1) is 29.3 Å². The predicted molar refractivity (Wildman–Crippen MR) is 348 cm³/mol. The zero-order valence-electron chi connectivity index (χ0n) is 48.3. The Bertz CT molecular complexity index is 4370. The summed E-state index contributed by atoms with van der Waals surface area (Å²) in [5.74, 6) is -0.303. The first-order valence-corrected chi connectivity index (χ1v) is 29.9. The zero-order valence-corrected chi connectivity index (χ0v) is 55.1. The number of hydrogen-bond acceptors (Lipinski definition) is 13. The number of nitrogens with zero attached hydrogens (tertiary/aromatic N) is 9. The van der Waals surface area contributed by atoms with Crippen molar-refractivity contribution in [2.45, 2.75) is 11.1 Å². The molecule has 6 aromatic carbocycles. The molecule has 13 rings (SSSR count). The summed E-state index contributed by atoms with van der Waals surface area (Å²) in [6, 6.07) is 69.3. The summed E-state index contributed by atoms with van der Waals surface area (Å²) in [6.07, 6.45) is 14.7. The Labute approximate surface area is 576 Å². The molecule has 0 saturated heterocycles. The van der Waals surface area contributed by atoms with Crippen LogP contribution in [0.5, 0.6) is 0 Å². The maximum Gasteiger partial charge on any atom is 1.00 e. The molecule has 437 valence electrons. The monoisotopic (exact) mass is 1400 g/mol. The molecule has 2 aliphatic heterocycles. The van der Waals surface area contributed by atoms with Gasteiger partial charge >= 0.3 is 26.0 Å². The fourth-order valence-electron chi connectivity index (χ4n) is 9.95. The van der Waals surface area contributed by atoms with Crippen molar-refractivity contribution >= 4 is 72.8 Å². The predicted octanol–water partition coefficient (Wildman–Crippen LogP) is 8.38. The SMILES string of the molecule is CS(=O)N=C(c1cccc(Br)c1)c1ccccc1C#N.NC1=NC(c2ccncc2)(c2cccc(-c3cccnc3F)c2)c2ccccc21.NC1=NC(c2ccncc2)(c2cccc(Br)c2)c2ccccc21.OB(O)c1cccnc1F.[Li+].[Y].[c-]1ccncc1. The van der Waals surface area contributed by atoms with Gasteiger partial charge in [0.1, 0.15) is 33.7 Å². The van der Waals surface area contributed by atoms with E-state index >= 15 is 0 Å². The van der Waals surface area contributed by atoms with Gasteiger partial charge in [0, 0.05) is 118 Å². The molecule has 0 spiro atoms. The number of pyridine rings is 5. The van der Waals surface area contributed by atoms with Crippen molar-refractivity contribution in [3.8, 4) is 17.2 Å². The molecule has 3 atom stereocenters. The molecule has 22 heteroatoms. The Kier molecular flexibility index (Phi) is 25.5. The molecule has 0 aliphatic carbocycles. The molecule has 0 bridgehead atoms. The van der Waals surface area contributed by atoms with E-state index in [1.165, 1.54) is 30.8 Å². The van der Waals surface area contributed by atoms with Crippen molar-refractivity contribution in [3.63, 3.8) is 0 Å². The third kappa shape index (κ3) is 16.2. The minimum atomic E-state index is -1.78. The molecule has 0 saturated carbocycles. The number of nitrogens with two attached hydrogens (primary N) is 2. The summed E-state index contributed by atoms with van der Waals surface area (Å²) >= 11 is 6.98. The average molecular weight is 1410 g/mol. The first-order chi connectivity index (χ1) is 42.7. The number of rotatable bonds is 9. The van der Waals surface area contributed by atoms with E-state index in [-0.39, 0.29) is 57.0 Å². The van der Waals surface area contributed by atoms with E-state index in [1.807, 2.05) is 140 Å². The van der Waals surface area contributed by atoms with Crippen LogP contribution in [-0.2, 0) is 54.8 Å². The molecule has 0 fully saturated rings. The van der Waals surface area contributed by atoms with Crippen LogP contribution in [0.25, 0.3) is 11.1 Å². The minimum Gasteiger partial charge on any atom is -0.423 e. The van der Waals surface area contributed by atoms with Gasteiger partial charge in [-0.15, -0.1) is 0 Å². The van der Waals surface area contributed by atoms with Crippen LogP contribution in [-0.4, -0.2) is 69.9 Å². The standard InChI is InChI=1S/C24H17FN4.C19H14BrN3.C15H11BrN2OS.C5H5BFNO2.C5H4N.Li.Y/c25-22-19(8-4-12-28-22)16-5-3-6-18(15-16)24(17-10-13-27-14-11-17)21-9-2-1-7-20(21)23(26)29-24;20-15-5-3-4-14(12-15)19(13-8-10-22-11-9-13)17-7-2-1-6-16(17)18(21)23-19;1-20(19)18-15(11-6-4-7-13(16)9-11)14-8-3-2-5-12(14)10-17;7-5-4(6(9)10)2-1-3-8-5;1-2-4-6-5-3-1;;/h1-15H,(H2,26,29);1-12H,(H2,21,23);2-9H,1H3;1-3,9-10H;2-5H;;/q;;;;-1;+1;. The zero-order chi connectivity index (χ0) is 62.0. The van der Waals surface area contributed by atoms with Gasteiger partial charge in [-0.2, -0.15) is 36.6 Å². The number of aromatic nitrogens is 5. The van der Waals surface area contributed by atoms with E-state index < -0.39 is 41.1 Å². The Morgan fingerprint density at radius 2 is 1.07 bits per heavy atom. The van der Waals surface area contributed by atoms with Gasteiger partial charge in [0.2, 0.25) is 11.9 Å². The molecule has 11 aromatic rings. The summed E-state index contributed by atoms with van der Waals surface area (Å²) < 4.78 is 44.4. The van der Waals surface area contributed by atoms with Crippen molar-refractivity contribution in [1.82, 2.24) is 24.9 Å². The number of fused-ring (bicyclic) bond motifs is 2. The number of amidine groups is 2. The van der Waals surface area contributed by atoms with Crippen molar-refractivity contribution in [2.24, 2.45) is 25.8 Å². The van der Waals surface area contributed by atoms with Crippen molar-refractivity contribution in [2.75, 3.05) is 6.26 Å². The smallest absolute Gasteiger partial charge is 0.423 e. The van der Waals surface area contributed by atoms with Crippen LogP contribution in [0.15, 0.2) is 279 Å². The number of nitriles is 1. The van der Waals surface area contributed by atoms with Crippen molar-refractivity contribution in [3.05, 3.63) is 344 Å². The van der Waals surface area contributed by atoms with Crippen LogP contribution in [0.1, 0.15) is 61.2 Å². The molecule has 7 heterocycles. The molecule has 1 radical (unpaired) electrons. The molecule has 5 aromatic heterocycles. The van der Waals surface area contributed by atoms with Gasteiger partial charge in [-0.1, -0.05) is 160 Å². The molecule has 6 N–H and O–H groups in total. The molecule has 0 amide bonds. The fourth-order valence-corrected chi connectivity index (χ4v) is 11.2. The number of aliphatic imine (C=N–C) groups is 2. The summed E-state index contributed by atoms with van der Waals surface area (Å²) in [6.45, 7) is 0. The average Bonchev–Trinajstić information content (AvgIpc) is 1.55. The van der Waals surface area contributed by atoms with Gasteiger partial charge < -0.3 is 26.5 Å². The van der Waals surface area contributed by atoms with Gasteiger partial charge in [0.25, 0.3) is 0 Å². The van der Waals surface area contributed by atoms with Crippen molar-refractivity contribution < 1.29 is 74.6 Å². The Balaban J connectivity index is 0.000000171. The minimum absolute atomic E-state index is 0. The third-order valence-electron chi connectivity index (χ3n) is 13.8.